The first-order chi connectivity index (χ1) is 8.76. The first-order valence-corrected chi connectivity index (χ1v) is 6.03. The van der Waals surface area contributed by atoms with Crippen molar-refractivity contribution >= 4 is 0 Å². The highest BCUT2D eigenvalue weighted by atomic mass is 16.5. The topological polar surface area (TPSA) is 66.0 Å². The predicted molar refractivity (Wildman–Crippen MR) is 69.3 cm³/mol. The molecule has 96 valence electrons. The summed E-state index contributed by atoms with van der Waals surface area (Å²) in [5, 5.41) is 4.28. The number of aryl methyl sites for hydroxylation is 1. The molecule has 0 aliphatic carbocycles. The molecule has 0 aromatic carbocycles. The molecule has 5 nitrogen and oxygen atoms in total. The van der Waals surface area contributed by atoms with Crippen LogP contribution in [0.5, 0.6) is 5.88 Å². The number of hydrogen-bond donors (Lipinski definition) is 1. The number of rotatable bonds is 5. The van der Waals surface area contributed by atoms with Crippen molar-refractivity contribution in [1.29, 1.82) is 0 Å². The van der Waals surface area contributed by atoms with E-state index in [1.165, 1.54) is 0 Å². The van der Waals surface area contributed by atoms with Crippen molar-refractivity contribution < 1.29 is 4.74 Å². The van der Waals surface area contributed by atoms with E-state index in [0.29, 0.717) is 5.88 Å². The van der Waals surface area contributed by atoms with E-state index in [1.54, 1.807) is 19.5 Å². The van der Waals surface area contributed by atoms with Gasteiger partial charge in [-0.25, -0.2) is 4.98 Å². The van der Waals surface area contributed by atoms with Crippen molar-refractivity contribution in [3.8, 4) is 5.88 Å². The molecule has 18 heavy (non-hydrogen) atoms. The maximum atomic E-state index is 6.23. The third-order valence-electron chi connectivity index (χ3n) is 2.79. The Labute approximate surface area is 107 Å². The van der Waals surface area contributed by atoms with E-state index < -0.39 is 0 Å². The lowest BCUT2D eigenvalue weighted by atomic mass is 10.0. The summed E-state index contributed by atoms with van der Waals surface area (Å²) in [6.45, 7) is 3.02. The van der Waals surface area contributed by atoms with Crippen molar-refractivity contribution in [2.24, 2.45) is 5.73 Å². The minimum atomic E-state index is -0.265. The number of methoxy groups -OCH3 is 1. The van der Waals surface area contributed by atoms with E-state index in [-0.39, 0.29) is 6.04 Å². The van der Waals surface area contributed by atoms with Crippen LogP contribution >= 0.6 is 0 Å². The fourth-order valence-corrected chi connectivity index (χ4v) is 1.88. The van der Waals surface area contributed by atoms with Gasteiger partial charge >= 0.3 is 0 Å². The van der Waals surface area contributed by atoms with E-state index >= 15 is 0 Å². The number of nitrogens with zero attached hydrogens (tertiary/aromatic N) is 3. The lowest BCUT2D eigenvalue weighted by Crippen LogP contribution is -2.13. The molecule has 0 radical (unpaired) electrons. The molecule has 5 heteroatoms. The zero-order valence-electron chi connectivity index (χ0n) is 10.7. The molecule has 0 spiro atoms. The van der Waals surface area contributed by atoms with Crippen LogP contribution in [0.2, 0.25) is 0 Å². The van der Waals surface area contributed by atoms with Gasteiger partial charge in [-0.15, -0.1) is 0 Å². The van der Waals surface area contributed by atoms with Crippen LogP contribution in [-0.2, 0) is 6.54 Å². The minimum absolute atomic E-state index is 0.265. The minimum Gasteiger partial charge on any atom is -0.481 e. The van der Waals surface area contributed by atoms with E-state index in [1.807, 2.05) is 23.0 Å². The van der Waals surface area contributed by atoms with Gasteiger partial charge in [0, 0.05) is 30.1 Å². The van der Waals surface area contributed by atoms with Gasteiger partial charge in [0.05, 0.1) is 19.3 Å². The molecule has 2 rings (SSSR count). The maximum Gasteiger partial charge on any atom is 0.218 e. The van der Waals surface area contributed by atoms with Gasteiger partial charge in [0.2, 0.25) is 5.88 Å². The molecule has 0 saturated heterocycles. The van der Waals surface area contributed by atoms with Crippen LogP contribution < -0.4 is 10.5 Å². The molecular weight excluding hydrogens is 228 g/mol. The SMILES string of the molecule is CCCn1cc(C(N)c2cccnc2OC)cn1. The molecule has 2 N–H and O–H groups in total. The normalized spacial score (nSPS) is 12.4. The second kappa shape index (κ2) is 5.64. The summed E-state index contributed by atoms with van der Waals surface area (Å²) in [6.07, 6.45) is 6.51. The Hall–Kier alpha value is -1.88. The van der Waals surface area contributed by atoms with Gasteiger partial charge in [0.15, 0.2) is 0 Å². The maximum absolute atomic E-state index is 6.23. The average molecular weight is 246 g/mol. The molecule has 1 unspecified atom stereocenters. The average Bonchev–Trinajstić information content (AvgIpc) is 2.87. The highest BCUT2D eigenvalue weighted by Gasteiger charge is 2.16. The number of pyridine rings is 1. The smallest absolute Gasteiger partial charge is 0.218 e. The summed E-state index contributed by atoms with van der Waals surface area (Å²) >= 11 is 0. The van der Waals surface area contributed by atoms with Crippen LogP contribution in [0.3, 0.4) is 0 Å². The second-order valence-electron chi connectivity index (χ2n) is 4.12. The largest absolute Gasteiger partial charge is 0.481 e. The monoisotopic (exact) mass is 246 g/mol. The molecule has 0 saturated carbocycles. The fourth-order valence-electron chi connectivity index (χ4n) is 1.88. The van der Waals surface area contributed by atoms with Crippen molar-refractivity contribution in [3.05, 3.63) is 41.9 Å². The zero-order chi connectivity index (χ0) is 13.0. The van der Waals surface area contributed by atoms with Crippen molar-refractivity contribution in [3.63, 3.8) is 0 Å². The summed E-state index contributed by atoms with van der Waals surface area (Å²) in [4.78, 5) is 4.16. The standard InChI is InChI=1S/C13H18N4O/c1-3-7-17-9-10(8-16-17)12(14)11-5-4-6-15-13(11)18-2/h4-6,8-9,12H,3,7,14H2,1-2H3. The van der Waals surface area contributed by atoms with Crippen LogP contribution in [-0.4, -0.2) is 21.9 Å². The highest BCUT2D eigenvalue weighted by Crippen LogP contribution is 2.25. The first kappa shape index (κ1) is 12.6. The molecule has 0 bridgehead atoms. The number of ether oxygens (including phenoxy) is 1. The van der Waals surface area contributed by atoms with Crippen LogP contribution in [0.1, 0.15) is 30.5 Å². The lowest BCUT2D eigenvalue weighted by molar-refractivity contribution is 0.390. The predicted octanol–water partition coefficient (Wildman–Crippen LogP) is 1.74. The quantitative estimate of drug-likeness (QED) is 0.872. The highest BCUT2D eigenvalue weighted by molar-refractivity contribution is 5.35. The Morgan fingerprint density at radius 1 is 1.50 bits per heavy atom. The Bertz CT molecular complexity index is 509. The molecule has 0 aliphatic rings. The van der Waals surface area contributed by atoms with Gasteiger partial charge < -0.3 is 10.5 Å². The van der Waals surface area contributed by atoms with E-state index in [2.05, 4.69) is 17.0 Å². The van der Waals surface area contributed by atoms with E-state index in [4.69, 9.17) is 10.5 Å². The second-order valence-corrected chi connectivity index (χ2v) is 4.12. The van der Waals surface area contributed by atoms with Crippen molar-refractivity contribution in [2.45, 2.75) is 25.9 Å². The Morgan fingerprint density at radius 3 is 3.06 bits per heavy atom. The zero-order valence-corrected chi connectivity index (χ0v) is 10.7. The van der Waals surface area contributed by atoms with Crippen LogP contribution in [0, 0.1) is 0 Å². The number of hydrogen-bond acceptors (Lipinski definition) is 4. The molecule has 2 aromatic heterocycles. The van der Waals surface area contributed by atoms with Gasteiger partial charge in [-0.1, -0.05) is 13.0 Å². The molecule has 1 atom stereocenters. The van der Waals surface area contributed by atoms with Crippen LogP contribution in [0.4, 0.5) is 0 Å². The van der Waals surface area contributed by atoms with E-state index in [0.717, 1.165) is 24.1 Å². The number of aromatic nitrogens is 3. The van der Waals surface area contributed by atoms with Crippen molar-refractivity contribution in [1.82, 2.24) is 14.8 Å². The van der Waals surface area contributed by atoms with Gasteiger partial charge in [0.1, 0.15) is 0 Å². The summed E-state index contributed by atoms with van der Waals surface area (Å²) in [7, 11) is 1.60. The molecule has 0 fully saturated rings. The number of nitrogens with two attached hydrogens (primary N) is 1. The molecule has 0 amide bonds. The van der Waals surface area contributed by atoms with Gasteiger partial charge in [-0.3, -0.25) is 4.68 Å². The Kier molecular flexibility index (Phi) is 3.94. The molecule has 0 aliphatic heterocycles. The summed E-state index contributed by atoms with van der Waals surface area (Å²) in [5.74, 6) is 0.563. The van der Waals surface area contributed by atoms with Gasteiger partial charge in [-0.2, -0.15) is 5.10 Å². The third kappa shape index (κ3) is 2.51. The van der Waals surface area contributed by atoms with Gasteiger partial charge in [-0.05, 0) is 12.5 Å². The van der Waals surface area contributed by atoms with Crippen molar-refractivity contribution in [2.75, 3.05) is 7.11 Å². The Balaban J connectivity index is 2.26. The van der Waals surface area contributed by atoms with E-state index in [9.17, 15) is 0 Å². The summed E-state index contributed by atoms with van der Waals surface area (Å²) < 4.78 is 7.12. The molecular formula is C13H18N4O. The van der Waals surface area contributed by atoms with Gasteiger partial charge in [0.25, 0.3) is 0 Å². The fraction of sp³-hybridized carbons (Fsp3) is 0.385. The third-order valence-corrected chi connectivity index (χ3v) is 2.79. The molecule has 2 aromatic rings. The molecule has 2 heterocycles. The lowest BCUT2D eigenvalue weighted by Gasteiger charge is -2.12. The summed E-state index contributed by atoms with van der Waals surface area (Å²) in [5.41, 5.74) is 8.07. The summed E-state index contributed by atoms with van der Waals surface area (Å²) in [6, 6.07) is 3.52. The Morgan fingerprint density at radius 2 is 2.33 bits per heavy atom. The van der Waals surface area contributed by atoms with Crippen LogP contribution in [0.15, 0.2) is 30.7 Å². The first-order valence-electron chi connectivity index (χ1n) is 6.03. The van der Waals surface area contributed by atoms with Crippen LogP contribution in [0.25, 0.3) is 0 Å².